The summed E-state index contributed by atoms with van der Waals surface area (Å²) in [5.74, 6) is 1.70. The largest absolute Gasteiger partial charge is 0.497 e. The van der Waals surface area contributed by atoms with Crippen molar-refractivity contribution in [3.05, 3.63) is 53.6 Å². The highest BCUT2D eigenvalue weighted by Gasteiger charge is 2.30. The highest BCUT2D eigenvalue weighted by atomic mass is 16.5. The Kier molecular flexibility index (Phi) is 5.19. The first kappa shape index (κ1) is 18.3. The number of nitrogens with one attached hydrogen (secondary N) is 1. The van der Waals surface area contributed by atoms with Crippen LogP contribution in [0, 0.1) is 5.92 Å². The summed E-state index contributed by atoms with van der Waals surface area (Å²) in [6, 6.07) is 13.4. The Morgan fingerprint density at radius 1 is 1.21 bits per heavy atom. The monoisotopic (exact) mass is 380 g/mol. The van der Waals surface area contributed by atoms with E-state index in [0.29, 0.717) is 18.8 Å². The lowest BCUT2D eigenvalue weighted by atomic mass is 10.1. The third-order valence-electron chi connectivity index (χ3n) is 5.17. The van der Waals surface area contributed by atoms with Gasteiger partial charge in [-0.3, -0.25) is 9.59 Å². The molecular weight excluding hydrogens is 356 g/mol. The van der Waals surface area contributed by atoms with Gasteiger partial charge in [0.05, 0.1) is 7.11 Å². The molecule has 1 aliphatic heterocycles. The number of fused-ring (bicyclic) bond motifs is 1. The van der Waals surface area contributed by atoms with E-state index >= 15 is 0 Å². The van der Waals surface area contributed by atoms with Crippen molar-refractivity contribution in [3.63, 3.8) is 0 Å². The van der Waals surface area contributed by atoms with Crippen molar-refractivity contribution in [3.8, 4) is 11.5 Å². The van der Waals surface area contributed by atoms with Gasteiger partial charge in [0.2, 0.25) is 5.91 Å². The Balaban J connectivity index is 1.44. The van der Waals surface area contributed by atoms with Crippen LogP contribution in [-0.4, -0.2) is 37.0 Å². The van der Waals surface area contributed by atoms with Gasteiger partial charge in [-0.2, -0.15) is 0 Å². The van der Waals surface area contributed by atoms with Crippen LogP contribution in [0.4, 0.5) is 5.69 Å². The van der Waals surface area contributed by atoms with E-state index in [0.717, 1.165) is 41.8 Å². The normalized spacial score (nSPS) is 16.0. The predicted octanol–water partition coefficient (Wildman–Crippen LogP) is 3.01. The van der Waals surface area contributed by atoms with Crippen molar-refractivity contribution >= 4 is 17.5 Å². The number of hydrogen-bond acceptors (Lipinski definition) is 4. The summed E-state index contributed by atoms with van der Waals surface area (Å²) < 4.78 is 10.9. The molecule has 1 N–H and O–H groups in total. The molecule has 0 saturated heterocycles. The molecule has 6 heteroatoms. The summed E-state index contributed by atoms with van der Waals surface area (Å²) in [6.45, 7) is 1.10. The van der Waals surface area contributed by atoms with Gasteiger partial charge < -0.3 is 19.7 Å². The van der Waals surface area contributed by atoms with Gasteiger partial charge in [0.1, 0.15) is 11.5 Å². The molecule has 0 atom stereocenters. The highest BCUT2D eigenvalue weighted by Crippen LogP contribution is 2.32. The molecule has 2 amide bonds. The molecule has 0 radical (unpaired) electrons. The van der Waals surface area contributed by atoms with Gasteiger partial charge in [-0.15, -0.1) is 0 Å². The first-order chi connectivity index (χ1) is 13.6. The van der Waals surface area contributed by atoms with E-state index < -0.39 is 0 Å². The molecule has 0 bridgehead atoms. The van der Waals surface area contributed by atoms with Crippen molar-refractivity contribution in [2.24, 2.45) is 5.92 Å². The first-order valence-corrected chi connectivity index (χ1v) is 9.59. The van der Waals surface area contributed by atoms with Crippen LogP contribution >= 0.6 is 0 Å². The molecule has 4 rings (SSSR count). The van der Waals surface area contributed by atoms with Crippen LogP contribution in [0.3, 0.4) is 0 Å². The average molecular weight is 380 g/mol. The zero-order valence-corrected chi connectivity index (χ0v) is 15.9. The molecule has 2 aromatic rings. The Labute approximate surface area is 164 Å². The number of anilines is 1. The lowest BCUT2D eigenvalue weighted by Gasteiger charge is -2.20. The minimum atomic E-state index is -0.0340. The molecule has 0 spiro atoms. The second-order valence-electron chi connectivity index (χ2n) is 7.29. The van der Waals surface area contributed by atoms with Gasteiger partial charge in [0.25, 0.3) is 5.91 Å². The molecule has 2 aliphatic rings. The van der Waals surface area contributed by atoms with Crippen LogP contribution in [0.1, 0.15) is 24.0 Å². The number of methoxy groups -OCH3 is 1. The topological polar surface area (TPSA) is 67.9 Å². The van der Waals surface area contributed by atoms with E-state index in [9.17, 15) is 9.59 Å². The maximum Gasteiger partial charge on any atom is 0.260 e. The fourth-order valence-corrected chi connectivity index (χ4v) is 3.30. The van der Waals surface area contributed by atoms with Gasteiger partial charge in [-0.05, 0) is 55.2 Å². The number of ether oxygens (including phenoxy) is 2. The standard InChI is InChI=1S/C22H24N2O4/c1-27-19-7-2-15(3-8-19)10-11-24-13-17-12-18(23-22(26)16-4-5-16)6-9-20(17)28-14-21(24)25/h2-3,6-9,12,16H,4-5,10-11,13-14H2,1H3,(H,23,26). The minimum Gasteiger partial charge on any atom is -0.497 e. The van der Waals surface area contributed by atoms with Crippen LogP contribution < -0.4 is 14.8 Å². The lowest BCUT2D eigenvalue weighted by molar-refractivity contribution is -0.133. The summed E-state index contributed by atoms with van der Waals surface area (Å²) >= 11 is 0. The van der Waals surface area contributed by atoms with Gasteiger partial charge in [0, 0.05) is 30.3 Å². The number of carbonyl (C=O) groups excluding carboxylic acids is 2. The second kappa shape index (κ2) is 7.92. The van der Waals surface area contributed by atoms with Crippen molar-refractivity contribution in [2.45, 2.75) is 25.8 Å². The number of benzene rings is 2. The second-order valence-corrected chi connectivity index (χ2v) is 7.29. The Morgan fingerprint density at radius 2 is 2.00 bits per heavy atom. The number of nitrogens with zero attached hydrogens (tertiary/aromatic N) is 1. The van der Waals surface area contributed by atoms with E-state index in [1.54, 1.807) is 7.11 Å². The molecule has 2 aromatic carbocycles. The van der Waals surface area contributed by atoms with E-state index in [1.807, 2.05) is 47.4 Å². The fraction of sp³-hybridized carbons (Fsp3) is 0.364. The molecular formula is C22H24N2O4. The zero-order valence-electron chi connectivity index (χ0n) is 15.9. The molecule has 6 nitrogen and oxygen atoms in total. The van der Waals surface area contributed by atoms with E-state index in [-0.39, 0.29) is 24.3 Å². The van der Waals surface area contributed by atoms with Gasteiger partial charge in [-0.1, -0.05) is 12.1 Å². The number of amides is 2. The molecule has 0 unspecified atom stereocenters. The summed E-state index contributed by atoms with van der Waals surface area (Å²) in [4.78, 5) is 26.3. The smallest absolute Gasteiger partial charge is 0.260 e. The minimum absolute atomic E-state index is 0.0311. The SMILES string of the molecule is COc1ccc(CCN2Cc3cc(NC(=O)C4CC4)ccc3OCC2=O)cc1. The third kappa shape index (κ3) is 4.27. The van der Waals surface area contributed by atoms with E-state index in [4.69, 9.17) is 9.47 Å². The molecule has 28 heavy (non-hydrogen) atoms. The van der Waals surface area contributed by atoms with Crippen LogP contribution in [0.25, 0.3) is 0 Å². The molecule has 0 aromatic heterocycles. The summed E-state index contributed by atoms with van der Waals surface area (Å²) in [6.07, 6.45) is 2.68. The molecule has 1 aliphatic carbocycles. The first-order valence-electron chi connectivity index (χ1n) is 9.59. The van der Waals surface area contributed by atoms with Crippen molar-refractivity contribution < 1.29 is 19.1 Å². The highest BCUT2D eigenvalue weighted by molar-refractivity contribution is 5.94. The molecule has 146 valence electrons. The average Bonchev–Trinajstić information content (AvgIpc) is 3.56. The van der Waals surface area contributed by atoms with Crippen LogP contribution in [0.2, 0.25) is 0 Å². The molecule has 1 fully saturated rings. The maximum atomic E-state index is 12.5. The number of hydrogen-bond donors (Lipinski definition) is 1. The van der Waals surface area contributed by atoms with E-state index in [2.05, 4.69) is 5.32 Å². The Bertz CT molecular complexity index is 875. The quantitative estimate of drug-likeness (QED) is 0.837. The van der Waals surface area contributed by atoms with Crippen molar-refractivity contribution in [1.29, 1.82) is 0 Å². The Hall–Kier alpha value is -3.02. The maximum absolute atomic E-state index is 12.5. The fourth-order valence-electron chi connectivity index (χ4n) is 3.30. The lowest BCUT2D eigenvalue weighted by Crippen LogP contribution is -2.34. The predicted molar refractivity (Wildman–Crippen MR) is 105 cm³/mol. The van der Waals surface area contributed by atoms with Crippen molar-refractivity contribution in [2.75, 3.05) is 25.6 Å². The Morgan fingerprint density at radius 3 is 2.71 bits per heavy atom. The van der Waals surface area contributed by atoms with Crippen molar-refractivity contribution in [1.82, 2.24) is 4.90 Å². The van der Waals surface area contributed by atoms with Crippen LogP contribution in [0.5, 0.6) is 11.5 Å². The summed E-state index contributed by atoms with van der Waals surface area (Å²) in [5.41, 5.74) is 2.81. The van der Waals surface area contributed by atoms with E-state index in [1.165, 1.54) is 0 Å². The van der Waals surface area contributed by atoms with Gasteiger partial charge >= 0.3 is 0 Å². The summed E-state index contributed by atoms with van der Waals surface area (Å²) in [5, 5.41) is 2.96. The molecule has 1 heterocycles. The number of rotatable bonds is 6. The van der Waals surface area contributed by atoms with Gasteiger partial charge in [-0.25, -0.2) is 0 Å². The number of carbonyl (C=O) groups is 2. The van der Waals surface area contributed by atoms with Crippen LogP contribution in [-0.2, 0) is 22.6 Å². The van der Waals surface area contributed by atoms with Gasteiger partial charge in [0.15, 0.2) is 6.61 Å². The zero-order chi connectivity index (χ0) is 19.5. The third-order valence-corrected chi connectivity index (χ3v) is 5.17. The van der Waals surface area contributed by atoms with Crippen LogP contribution in [0.15, 0.2) is 42.5 Å². The molecule has 1 saturated carbocycles. The summed E-state index contributed by atoms with van der Waals surface area (Å²) in [7, 11) is 1.64.